The van der Waals surface area contributed by atoms with Crippen LogP contribution in [0.2, 0.25) is 0 Å². The maximum absolute atomic E-state index is 12.5. The summed E-state index contributed by atoms with van der Waals surface area (Å²) >= 11 is 1.39. The molecule has 1 aliphatic heterocycles. The molecule has 1 aromatic heterocycles. The number of carbonyl (C=O) groups excluding carboxylic acids is 1. The van der Waals surface area contributed by atoms with Crippen molar-refractivity contribution in [2.75, 3.05) is 19.3 Å². The third kappa shape index (κ3) is 3.77. The van der Waals surface area contributed by atoms with Crippen LogP contribution >= 0.6 is 11.3 Å². The van der Waals surface area contributed by atoms with E-state index in [9.17, 15) is 13.2 Å². The summed E-state index contributed by atoms with van der Waals surface area (Å²) in [6.45, 7) is 4.78. The Bertz CT molecular complexity index is 609. The molecule has 0 aromatic carbocycles. The van der Waals surface area contributed by atoms with Crippen LogP contribution in [0.3, 0.4) is 0 Å². The highest BCUT2D eigenvalue weighted by atomic mass is 32.2. The van der Waals surface area contributed by atoms with E-state index in [0.717, 1.165) is 29.8 Å². The van der Waals surface area contributed by atoms with Gasteiger partial charge in [-0.2, -0.15) is 0 Å². The number of hydrogen-bond donors (Lipinski definition) is 1. The van der Waals surface area contributed by atoms with E-state index >= 15 is 0 Å². The van der Waals surface area contributed by atoms with Gasteiger partial charge in [0.1, 0.15) is 4.88 Å². The van der Waals surface area contributed by atoms with Crippen molar-refractivity contribution in [3.05, 3.63) is 15.6 Å². The van der Waals surface area contributed by atoms with E-state index < -0.39 is 10.0 Å². The Hall–Kier alpha value is -0.990. The van der Waals surface area contributed by atoms with Crippen LogP contribution in [0.15, 0.2) is 0 Å². The van der Waals surface area contributed by atoms with Gasteiger partial charge < -0.3 is 4.90 Å². The lowest BCUT2D eigenvalue weighted by Gasteiger charge is -2.32. The number of sulfonamides is 1. The summed E-state index contributed by atoms with van der Waals surface area (Å²) in [5.74, 6) is -0.0481. The van der Waals surface area contributed by atoms with Crippen molar-refractivity contribution in [2.24, 2.45) is 0 Å². The summed E-state index contributed by atoms with van der Waals surface area (Å²) in [5.41, 5.74) is 0.746. The van der Waals surface area contributed by atoms with Crippen LogP contribution in [-0.2, 0) is 10.0 Å². The minimum absolute atomic E-state index is 0.0481. The third-order valence-corrected chi connectivity index (χ3v) is 5.01. The Morgan fingerprint density at radius 3 is 2.70 bits per heavy atom. The van der Waals surface area contributed by atoms with Gasteiger partial charge in [-0.05, 0) is 26.7 Å². The number of amides is 1. The van der Waals surface area contributed by atoms with Crippen molar-refractivity contribution >= 4 is 27.3 Å². The lowest BCUT2D eigenvalue weighted by atomic mass is 10.1. The lowest BCUT2D eigenvalue weighted by Crippen LogP contribution is -2.49. The Morgan fingerprint density at radius 1 is 1.45 bits per heavy atom. The molecule has 2 rings (SSSR count). The van der Waals surface area contributed by atoms with Crippen LogP contribution in [-0.4, -0.2) is 49.6 Å². The van der Waals surface area contributed by atoms with Crippen molar-refractivity contribution in [1.82, 2.24) is 14.6 Å². The average molecular weight is 317 g/mol. The van der Waals surface area contributed by atoms with E-state index in [2.05, 4.69) is 9.71 Å². The van der Waals surface area contributed by atoms with Crippen LogP contribution in [0.5, 0.6) is 0 Å². The van der Waals surface area contributed by atoms with Crippen molar-refractivity contribution < 1.29 is 13.2 Å². The number of likely N-dealkylation sites (tertiary alicyclic amines) is 1. The molecule has 0 saturated carbocycles. The molecule has 1 aliphatic rings. The van der Waals surface area contributed by atoms with Gasteiger partial charge in [0.15, 0.2) is 0 Å². The molecule has 0 aliphatic carbocycles. The number of thiazole rings is 1. The molecule has 1 N–H and O–H groups in total. The van der Waals surface area contributed by atoms with E-state index in [-0.39, 0.29) is 11.9 Å². The van der Waals surface area contributed by atoms with Crippen LogP contribution in [0.1, 0.15) is 33.2 Å². The number of nitrogens with one attached hydrogen (secondary N) is 1. The highest BCUT2D eigenvalue weighted by molar-refractivity contribution is 7.88. The van der Waals surface area contributed by atoms with Gasteiger partial charge in [-0.25, -0.2) is 18.1 Å². The fourth-order valence-electron chi connectivity index (χ4n) is 2.43. The van der Waals surface area contributed by atoms with Crippen molar-refractivity contribution in [1.29, 1.82) is 0 Å². The number of carbonyl (C=O) groups is 1. The highest BCUT2D eigenvalue weighted by Crippen LogP contribution is 2.21. The summed E-state index contributed by atoms with van der Waals surface area (Å²) in [5, 5.41) is 0.869. The molecule has 2 heterocycles. The Labute approximate surface area is 123 Å². The van der Waals surface area contributed by atoms with Crippen LogP contribution in [0.25, 0.3) is 0 Å². The van der Waals surface area contributed by atoms with Crippen molar-refractivity contribution in [3.8, 4) is 0 Å². The van der Waals surface area contributed by atoms with E-state index in [1.54, 1.807) is 4.90 Å². The van der Waals surface area contributed by atoms with Gasteiger partial charge in [-0.3, -0.25) is 4.79 Å². The predicted octanol–water partition coefficient (Wildman–Crippen LogP) is 0.914. The standard InChI is InChI=1S/C12H19N3O3S2/c1-8-11(19-9(2)13-8)12(16)15-6-4-5-10(7-15)14-20(3,17)18/h10,14H,4-7H2,1-3H3. The van der Waals surface area contributed by atoms with Crippen molar-refractivity contribution in [3.63, 3.8) is 0 Å². The third-order valence-electron chi connectivity index (χ3n) is 3.19. The molecular formula is C12H19N3O3S2. The average Bonchev–Trinajstić information content (AvgIpc) is 2.65. The molecule has 20 heavy (non-hydrogen) atoms. The Balaban J connectivity index is 2.09. The molecule has 1 saturated heterocycles. The second-order valence-corrected chi connectivity index (χ2v) is 8.11. The summed E-state index contributed by atoms with van der Waals surface area (Å²) in [6.07, 6.45) is 2.71. The van der Waals surface area contributed by atoms with E-state index in [0.29, 0.717) is 18.0 Å². The quantitative estimate of drug-likeness (QED) is 0.899. The largest absolute Gasteiger partial charge is 0.336 e. The molecule has 1 amide bonds. The maximum Gasteiger partial charge on any atom is 0.265 e. The van der Waals surface area contributed by atoms with E-state index in [4.69, 9.17) is 0 Å². The normalized spacial score (nSPS) is 20.1. The topological polar surface area (TPSA) is 79.4 Å². The first-order valence-corrected chi connectivity index (χ1v) is 9.17. The molecule has 1 aromatic rings. The number of aromatic nitrogens is 1. The molecule has 112 valence electrons. The Morgan fingerprint density at radius 2 is 2.15 bits per heavy atom. The predicted molar refractivity (Wildman–Crippen MR) is 78.5 cm³/mol. The van der Waals surface area contributed by atoms with Gasteiger partial charge in [-0.15, -0.1) is 11.3 Å². The number of rotatable bonds is 3. The van der Waals surface area contributed by atoms with Gasteiger partial charge in [0.25, 0.3) is 5.91 Å². The van der Waals surface area contributed by atoms with Crippen LogP contribution in [0.4, 0.5) is 0 Å². The van der Waals surface area contributed by atoms with Gasteiger partial charge in [0.2, 0.25) is 10.0 Å². The number of nitrogens with zero attached hydrogens (tertiary/aromatic N) is 2. The number of hydrogen-bond acceptors (Lipinski definition) is 5. The first-order chi connectivity index (χ1) is 9.26. The molecular weight excluding hydrogens is 298 g/mol. The van der Waals surface area contributed by atoms with Crippen LogP contribution < -0.4 is 4.72 Å². The molecule has 0 spiro atoms. The van der Waals surface area contributed by atoms with E-state index in [1.807, 2.05) is 13.8 Å². The molecule has 8 heteroatoms. The van der Waals surface area contributed by atoms with Gasteiger partial charge in [0, 0.05) is 19.1 Å². The lowest BCUT2D eigenvalue weighted by molar-refractivity contribution is 0.0707. The first kappa shape index (κ1) is 15.4. The second kappa shape index (κ2) is 5.79. The fourth-order valence-corrected chi connectivity index (χ4v) is 4.12. The summed E-state index contributed by atoms with van der Waals surface area (Å²) < 4.78 is 25.1. The second-order valence-electron chi connectivity index (χ2n) is 5.13. The molecule has 0 radical (unpaired) electrons. The Kier molecular flexibility index (Phi) is 4.46. The van der Waals surface area contributed by atoms with E-state index in [1.165, 1.54) is 11.3 Å². The fraction of sp³-hybridized carbons (Fsp3) is 0.667. The molecule has 6 nitrogen and oxygen atoms in total. The monoisotopic (exact) mass is 317 g/mol. The summed E-state index contributed by atoms with van der Waals surface area (Å²) in [4.78, 5) is 19.1. The zero-order chi connectivity index (χ0) is 14.9. The minimum Gasteiger partial charge on any atom is -0.336 e. The van der Waals surface area contributed by atoms with Gasteiger partial charge in [-0.1, -0.05) is 0 Å². The van der Waals surface area contributed by atoms with Gasteiger partial charge in [0.05, 0.1) is 17.0 Å². The van der Waals surface area contributed by atoms with Gasteiger partial charge >= 0.3 is 0 Å². The number of piperidine rings is 1. The molecule has 1 atom stereocenters. The maximum atomic E-state index is 12.5. The zero-order valence-electron chi connectivity index (χ0n) is 11.8. The first-order valence-electron chi connectivity index (χ1n) is 6.47. The van der Waals surface area contributed by atoms with Crippen molar-refractivity contribution in [2.45, 2.75) is 32.7 Å². The summed E-state index contributed by atoms with van der Waals surface area (Å²) in [7, 11) is -3.24. The molecule has 1 fully saturated rings. The van der Waals surface area contributed by atoms with Crippen LogP contribution in [0, 0.1) is 13.8 Å². The SMILES string of the molecule is Cc1nc(C)c(C(=O)N2CCCC(NS(C)(=O)=O)C2)s1. The summed E-state index contributed by atoms with van der Waals surface area (Å²) in [6, 6.07) is -0.197. The number of aryl methyl sites for hydroxylation is 2. The minimum atomic E-state index is -3.24. The zero-order valence-corrected chi connectivity index (χ0v) is 13.5. The smallest absolute Gasteiger partial charge is 0.265 e. The molecule has 0 bridgehead atoms. The molecule has 1 unspecified atom stereocenters. The highest BCUT2D eigenvalue weighted by Gasteiger charge is 2.28.